The lowest BCUT2D eigenvalue weighted by Crippen LogP contribution is -2.34. The normalized spacial score (nSPS) is 13.2. The van der Waals surface area contributed by atoms with Gasteiger partial charge in [-0.2, -0.15) is 9.97 Å². The van der Waals surface area contributed by atoms with Gasteiger partial charge in [-0.05, 0) is 44.4 Å². The number of anilines is 2. The van der Waals surface area contributed by atoms with Gasteiger partial charge in [-0.1, -0.05) is 23.9 Å². The number of fused-ring (bicyclic) bond motifs is 1. The molecule has 0 spiro atoms. The molecule has 2 heterocycles. The van der Waals surface area contributed by atoms with Gasteiger partial charge in [0, 0.05) is 25.7 Å². The highest BCUT2D eigenvalue weighted by Crippen LogP contribution is 2.30. The SMILES string of the molecule is CCNc1nc(NCC)n2c(SCC(=O)N(Cc3ccc(OC)cc3)C3CC3)nnc2n1. The van der Waals surface area contributed by atoms with Gasteiger partial charge in [0.2, 0.25) is 17.8 Å². The summed E-state index contributed by atoms with van der Waals surface area (Å²) >= 11 is 1.35. The number of aromatic nitrogens is 5. The quantitative estimate of drug-likeness (QED) is 0.421. The van der Waals surface area contributed by atoms with Gasteiger partial charge in [0.05, 0.1) is 12.9 Å². The van der Waals surface area contributed by atoms with Gasteiger partial charge in [0.1, 0.15) is 5.75 Å². The predicted octanol–water partition coefficient (Wildman–Crippen LogP) is 2.67. The molecule has 0 bridgehead atoms. The average molecular weight is 457 g/mol. The minimum atomic E-state index is 0.0836. The minimum absolute atomic E-state index is 0.0836. The summed E-state index contributed by atoms with van der Waals surface area (Å²) in [6, 6.07) is 8.16. The zero-order valence-corrected chi connectivity index (χ0v) is 19.4. The van der Waals surface area contributed by atoms with Gasteiger partial charge >= 0.3 is 0 Å². The number of benzene rings is 1. The van der Waals surface area contributed by atoms with Crippen LogP contribution >= 0.6 is 11.8 Å². The Kier molecular flexibility index (Phi) is 6.93. The number of nitrogens with one attached hydrogen (secondary N) is 2. The number of rotatable bonds is 11. The Morgan fingerprint density at radius 1 is 1.16 bits per heavy atom. The molecular formula is C21H28N8O2S. The van der Waals surface area contributed by atoms with Crippen LogP contribution in [0, 0.1) is 0 Å². The number of carbonyl (C=O) groups is 1. The van der Waals surface area contributed by atoms with E-state index >= 15 is 0 Å². The number of methoxy groups -OCH3 is 1. The summed E-state index contributed by atoms with van der Waals surface area (Å²) in [7, 11) is 1.65. The van der Waals surface area contributed by atoms with Crippen LogP contribution in [-0.4, -0.2) is 67.4 Å². The van der Waals surface area contributed by atoms with Crippen molar-refractivity contribution in [3.8, 4) is 5.75 Å². The number of carbonyl (C=O) groups excluding carboxylic acids is 1. The van der Waals surface area contributed by atoms with Crippen molar-refractivity contribution in [1.82, 2.24) is 29.5 Å². The molecule has 0 atom stereocenters. The largest absolute Gasteiger partial charge is 0.497 e. The maximum Gasteiger partial charge on any atom is 0.261 e. The fraction of sp³-hybridized carbons (Fsp3) is 0.476. The molecule has 0 aliphatic heterocycles. The number of ether oxygens (including phenoxy) is 1. The Hall–Kier alpha value is -3.08. The third-order valence-corrected chi connectivity index (χ3v) is 5.97. The van der Waals surface area contributed by atoms with E-state index in [1.54, 1.807) is 11.5 Å². The molecule has 0 unspecified atom stereocenters. The number of amides is 1. The number of hydrogen-bond donors (Lipinski definition) is 2. The van der Waals surface area contributed by atoms with Crippen molar-refractivity contribution in [1.29, 1.82) is 0 Å². The molecule has 4 rings (SSSR count). The van der Waals surface area contributed by atoms with E-state index in [-0.39, 0.29) is 11.7 Å². The number of nitrogens with zero attached hydrogens (tertiary/aromatic N) is 6. The van der Waals surface area contributed by atoms with Gasteiger partial charge < -0.3 is 20.3 Å². The molecule has 1 aliphatic rings. The predicted molar refractivity (Wildman–Crippen MR) is 124 cm³/mol. The lowest BCUT2D eigenvalue weighted by molar-refractivity contribution is -0.129. The van der Waals surface area contributed by atoms with Crippen LogP contribution in [0.3, 0.4) is 0 Å². The topological polar surface area (TPSA) is 110 Å². The van der Waals surface area contributed by atoms with E-state index in [0.29, 0.717) is 48.5 Å². The van der Waals surface area contributed by atoms with E-state index in [2.05, 4.69) is 30.8 Å². The third kappa shape index (κ3) is 5.04. The second kappa shape index (κ2) is 10.0. The maximum atomic E-state index is 13.1. The van der Waals surface area contributed by atoms with Gasteiger partial charge in [-0.15, -0.1) is 10.2 Å². The highest BCUT2D eigenvalue weighted by Gasteiger charge is 2.32. The summed E-state index contributed by atoms with van der Waals surface area (Å²) < 4.78 is 6.98. The van der Waals surface area contributed by atoms with Crippen molar-refractivity contribution in [2.24, 2.45) is 0 Å². The summed E-state index contributed by atoms with van der Waals surface area (Å²) in [6.07, 6.45) is 2.10. The molecule has 0 radical (unpaired) electrons. The molecule has 1 saturated carbocycles. The van der Waals surface area contributed by atoms with Crippen LogP contribution in [0.2, 0.25) is 0 Å². The van der Waals surface area contributed by atoms with Crippen LogP contribution in [0.5, 0.6) is 5.75 Å². The van der Waals surface area contributed by atoms with Crippen LogP contribution in [0.25, 0.3) is 5.78 Å². The first-order chi connectivity index (χ1) is 15.6. The molecule has 10 nitrogen and oxygen atoms in total. The highest BCUT2D eigenvalue weighted by atomic mass is 32.2. The van der Waals surface area contributed by atoms with Crippen molar-refractivity contribution in [2.75, 3.05) is 36.6 Å². The molecule has 1 amide bonds. The van der Waals surface area contributed by atoms with E-state index in [4.69, 9.17) is 4.74 Å². The fourth-order valence-corrected chi connectivity index (χ4v) is 4.16. The maximum absolute atomic E-state index is 13.1. The Morgan fingerprint density at radius 3 is 2.56 bits per heavy atom. The second-order valence-corrected chi connectivity index (χ2v) is 8.38. The fourth-order valence-electron chi connectivity index (χ4n) is 3.34. The lowest BCUT2D eigenvalue weighted by Gasteiger charge is -2.22. The van der Waals surface area contributed by atoms with E-state index in [0.717, 1.165) is 24.2 Å². The van der Waals surface area contributed by atoms with Crippen molar-refractivity contribution in [3.63, 3.8) is 0 Å². The summed E-state index contributed by atoms with van der Waals surface area (Å²) in [5.41, 5.74) is 1.09. The Balaban J connectivity index is 1.48. The second-order valence-electron chi connectivity index (χ2n) is 7.44. The smallest absolute Gasteiger partial charge is 0.261 e. The van der Waals surface area contributed by atoms with Crippen LogP contribution in [-0.2, 0) is 11.3 Å². The van der Waals surface area contributed by atoms with E-state index in [9.17, 15) is 4.79 Å². The summed E-state index contributed by atoms with van der Waals surface area (Å²) in [5.74, 6) is 2.71. The Labute approximate surface area is 191 Å². The summed E-state index contributed by atoms with van der Waals surface area (Å²) in [6.45, 7) is 5.96. The van der Waals surface area contributed by atoms with E-state index in [1.165, 1.54) is 11.8 Å². The standard InChI is InChI=1S/C21H28N8O2S/c1-4-22-18-24-19(23-5-2)29-20(25-18)26-27-21(29)32-13-17(30)28(15-8-9-15)12-14-6-10-16(31-3)11-7-14/h6-7,10-11,15H,4-5,8-9,12-13H2,1-3H3,(H2,22,23,24,25,26). The third-order valence-electron chi connectivity index (χ3n) is 5.06. The van der Waals surface area contributed by atoms with Gasteiger partial charge in [0.25, 0.3) is 5.78 Å². The van der Waals surface area contributed by atoms with Gasteiger partial charge in [-0.3, -0.25) is 4.79 Å². The summed E-state index contributed by atoms with van der Waals surface area (Å²) in [4.78, 5) is 24.0. The van der Waals surface area contributed by atoms with Crippen molar-refractivity contribution < 1.29 is 9.53 Å². The van der Waals surface area contributed by atoms with Crippen molar-refractivity contribution in [3.05, 3.63) is 29.8 Å². The molecular weight excluding hydrogens is 428 g/mol. The van der Waals surface area contributed by atoms with Crippen molar-refractivity contribution in [2.45, 2.75) is 44.4 Å². The Morgan fingerprint density at radius 2 is 1.91 bits per heavy atom. The van der Waals surface area contributed by atoms with Gasteiger partial charge in [0.15, 0.2) is 5.16 Å². The zero-order valence-electron chi connectivity index (χ0n) is 18.5. The molecule has 11 heteroatoms. The van der Waals surface area contributed by atoms with Crippen LogP contribution < -0.4 is 15.4 Å². The molecule has 1 fully saturated rings. The van der Waals surface area contributed by atoms with E-state index in [1.807, 2.05) is 43.0 Å². The molecule has 32 heavy (non-hydrogen) atoms. The molecule has 1 aromatic carbocycles. The zero-order chi connectivity index (χ0) is 22.5. The first-order valence-corrected chi connectivity index (χ1v) is 11.8. The molecule has 170 valence electrons. The first-order valence-electron chi connectivity index (χ1n) is 10.8. The van der Waals surface area contributed by atoms with Crippen LogP contribution in [0.1, 0.15) is 32.3 Å². The summed E-state index contributed by atoms with van der Waals surface area (Å²) in [5, 5.41) is 15.4. The van der Waals surface area contributed by atoms with Crippen LogP contribution in [0.4, 0.5) is 11.9 Å². The monoisotopic (exact) mass is 456 g/mol. The number of thioether (sulfide) groups is 1. The Bertz CT molecular complexity index is 1070. The minimum Gasteiger partial charge on any atom is -0.497 e. The first kappa shape index (κ1) is 22.1. The molecule has 3 aromatic rings. The molecule has 0 saturated heterocycles. The molecule has 1 aliphatic carbocycles. The molecule has 2 aromatic heterocycles. The number of hydrogen-bond acceptors (Lipinski definition) is 9. The van der Waals surface area contributed by atoms with Gasteiger partial charge in [-0.25, -0.2) is 4.40 Å². The van der Waals surface area contributed by atoms with Crippen molar-refractivity contribution >= 4 is 35.3 Å². The average Bonchev–Trinajstić information content (AvgIpc) is 3.56. The van der Waals surface area contributed by atoms with E-state index < -0.39 is 0 Å². The highest BCUT2D eigenvalue weighted by molar-refractivity contribution is 7.99. The lowest BCUT2D eigenvalue weighted by atomic mass is 10.2. The molecule has 2 N–H and O–H groups in total. The van der Waals surface area contributed by atoms with Crippen LogP contribution in [0.15, 0.2) is 29.4 Å².